The summed E-state index contributed by atoms with van der Waals surface area (Å²) in [7, 11) is 1.84. The van der Waals surface area contributed by atoms with Gasteiger partial charge in [-0.15, -0.1) is 21.5 Å². The van der Waals surface area contributed by atoms with Gasteiger partial charge in [-0.1, -0.05) is 42.8 Å². The van der Waals surface area contributed by atoms with Crippen LogP contribution in [0.1, 0.15) is 32.1 Å². The second kappa shape index (κ2) is 10.5. The van der Waals surface area contributed by atoms with Crippen LogP contribution >= 0.6 is 34.9 Å². The monoisotopic (exact) mass is 476 g/mol. The summed E-state index contributed by atoms with van der Waals surface area (Å²) in [5.41, 5.74) is 1.60. The third-order valence-corrected chi connectivity index (χ3v) is 8.15. The Morgan fingerprint density at radius 1 is 1.16 bits per heavy atom. The number of rotatable bonds is 8. The van der Waals surface area contributed by atoms with Crippen molar-refractivity contribution in [1.29, 1.82) is 0 Å². The maximum absolute atomic E-state index is 12.3. The number of nitrogens with zero attached hydrogens (tertiary/aromatic N) is 4. The molecule has 0 saturated heterocycles. The molecule has 1 saturated carbocycles. The average Bonchev–Trinajstić information content (AvgIpc) is 3.36. The van der Waals surface area contributed by atoms with Crippen LogP contribution in [0.15, 0.2) is 34.0 Å². The molecule has 8 nitrogen and oxygen atoms in total. The van der Waals surface area contributed by atoms with E-state index in [0.29, 0.717) is 17.0 Å². The molecule has 1 aromatic carbocycles. The molecule has 3 aromatic rings. The molecule has 1 aliphatic carbocycles. The number of benzene rings is 1. The molecule has 31 heavy (non-hydrogen) atoms. The lowest BCUT2D eigenvalue weighted by atomic mass is 9.95. The van der Waals surface area contributed by atoms with Gasteiger partial charge in [0.05, 0.1) is 21.7 Å². The molecule has 2 amide bonds. The molecule has 0 spiro atoms. The number of amides is 2. The van der Waals surface area contributed by atoms with E-state index in [9.17, 15) is 9.59 Å². The van der Waals surface area contributed by atoms with Gasteiger partial charge >= 0.3 is 0 Å². The van der Waals surface area contributed by atoms with Gasteiger partial charge in [0.2, 0.25) is 11.8 Å². The summed E-state index contributed by atoms with van der Waals surface area (Å²) in [6.07, 6.45) is 7.45. The van der Waals surface area contributed by atoms with Crippen LogP contribution in [-0.4, -0.2) is 49.1 Å². The fraction of sp³-hybridized carbons (Fsp3) is 0.450. The number of thioether (sulfide) groups is 2. The van der Waals surface area contributed by atoms with Gasteiger partial charge in [0.25, 0.3) is 0 Å². The Kier molecular flexibility index (Phi) is 7.46. The highest BCUT2D eigenvalue weighted by Gasteiger charge is 2.16. The van der Waals surface area contributed by atoms with Crippen LogP contribution in [0.3, 0.4) is 0 Å². The summed E-state index contributed by atoms with van der Waals surface area (Å²) in [5.74, 6) is 0.597. The van der Waals surface area contributed by atoms with Crippen molar-refractivity contribution in [3.8, 4) is 0 Å². The number of fused-ring (bicyclic) bond motifs is 1. The van der Waals surface area contributed by atoms with Gasteiger partial charge < -0.3 is 15.2 Å². The number of carbonyl (C=O) groups is 2. The number of hydrogen-bond donors (Lipinski definition) is 2. The molecular weight excluding hydrogens is 452 g/mol. The molecule has 0 radical (unpaired) electrons. The van der Waals surface area contributed by atoms with Gasteiger partial charge in [-0.3, -0.25) is 9.59 Å². The van der Waals surface area contributed by atoms with Crippen molar-refractivity contribution in [2.24, 2.45) is 7.05 Å². The third-order valence-electron chi connectivity index (χ3n) is 4.95. The Balaban J connectivity index is 1.28. The fourth-order valence-corrected chi connectivity index (χ4v) is 6.02. The Hall–Kier alpha value is -2.11. The third kappa shape index (κ3) is 6.20. The highest BCUT2D eigenvalue weighted by atomic mass is 32.2. The quantitative estimate of drug-likeness (QED) is 0.478. The number of thiazole rings is 1. The number of carbonyl (C=O) groups excluding carboxylic acids is 2. The SMILES string of the molecule is Cn1cnnc1SCC(=O)Nc1ccc2nc(SCC(=O)NC3CCCCC3)sc2c1. The number of aryl methyl sites for hydroxylation is 1. The van der Waals surface area contributed by atoms with E-state index in [2.05, 4.69) is 25.8 Å². The summed E-state index contributed by atoms with van der Waals surface area (Å²) in [4.78, 5) is 29.1. The molecule has 2 heterocycles. The Morgan fingerprint density at radius 3 is 2.74 bits per heavy atom. The molecule has 0 unspecified atom stereocenters. The van der Waals surface area contributed by atoms with Crippen molar-refractivity contribution in [2.45, 2.75) is 47.6 Å². The zero-order chi connectivity index (χ0) is 21.6. The molecule has 4 rings (SSSR count). The summed E-state index contributed by atoms with van der Waals surface area (Å²) in [6.45, 7) is 0. The Morgan fingerprint density at radius 2 is 1.97 bits per heavy atom. The minimum Gasteiger partial charge on any atom is -0.353 e. The smallest absolute Gasteiger partial charge is 0.234 e. The van der Waals surface area contributed by atoms with Gasteiger partial charge in [0, 0.05) is 18.8 Å². The first-order valence-electron chi connectivity index (χ1n) is 10.2. The lowest BCUT2D eigenvalue weighted by molar-refractivity contribution is -0.119. The Bertz CT molecular complexity index is 1060. The van der Waals surface area contributed by atoms with E-state index < -0.39 is 0 Å². The lowest BCUT2D eigenvalue weighted by Crippen LogP contribution is -2.37. The van der Waals surface area contributed by atoms with Crippen molar-refractivity contribution in [2.75, 3.05) is 16.8 Å². The van der Waals surface area contributed by atoms with Crippen molar-refractivity contribution >= 4 is 62.6 Å². The Labute approximate surface area is 193 Å². The maximum atomic E-state index is 12.3. The van der Waals surface area contributed by atoms with Gasteiger partial charge in [0.15, 0.2) is 9.50 Å². The topological polar surface area (TPSA) is 102 Å². The number of nitrogens with one attached hydrogen (secondary N) is 2. The number of hydrogen-bond acceptors (Lipinski definition) is 8. The molecule has 0 atom stereocenters. The van der Waals surface area contributed by atoms with E-state index in [1.165, 1.54) is 54.1 Å². The second-order valence-electron chi connectivity index (χ2n) is 7.41. The van der Waals surface area contributed by atoms with Crippen molar-refractivity contribution in [1.82, 2.24) is 25.1 Å². The van der Waals surface area contributed by atoms with Gasteiger partial charge in [-0.2, -0.15) is 0 Å². The van der Waals surface area contributed by atoms with Gasteiger partial charge in [-0.05, 0) is 31.0 Å². The van der Waals surface area contributed by atoms with Crippen LogP contribution in [0.5, 0.6) is 0 Å². The highest BCUT2D eigenvalue weighted by molar-refractivity contribution is 8.01. The normalized spacial score (nSPS) is 14.6. The van der Waals surface area contributed by atoms with Crippen LogP contribution in [0.4, 0.5) is 5.69 Å². The van der Waals surface area contributed by atoms with E-state index in [-0.39, 0.29) is 17.6 Å². The first-order chi connectivity index (χ1) is 15.1. The van der Waals surface area contributed by atoms with Crippen LogP contribution in [0.25, 0.3) is 10.2 Å². The standard InChI is InChI=1S/C20H24N6O2S3/c1-26-12-21-25-19(26)29-10-17(27)23-14-7-8-15-16(9-14)31-20(24-15)30-11-18(28)22-13-5-3-2-4-6-13/h7-9,12-13H,2-6,10-11H2,1H3,(H,22,28)(H,23,27). The van der Waals surface area contributed by atoms with Crippen LogP contribution in [-0.2, 0) is 16.6 Å². The van der Waals surface area contributed by atoms with Crippen LogP contribution in [0, 0.1) is 0 Å². The molecule has 164 valence electrons. The summed E-state index contributed by atoms with van der Waals surface area (Å²) in [6, 6.07) is 5.99. The largest absolute Gasteiger partial charge is 0.353 e. The van der Waals surface area contributed by atoms with E-state index in [4.69, 9.17) is 0 Å². The van der Waals surface area contributed by atoms with E-state index in [1.54, 1.807) is 10.9 Å². The van der Waals surface area contributed by atoms with Gasteiger partial charge in [-0.25, -0.2) is 4.98 Å². The minimum atomic E-state index is -0.106. The van der Waals surface area contributed by atoms with E-state index in [1.807, 2.05) is 25.2 Å². The average molecular weight is 477 g/mol. The molecule has 1 fully saturated rings. The molecule has 0 bridgehead atoms. The predicted molar refractivity (Wildman–Crippen MR) is 126 cm³/mol. The number of anilines is 1. The first-order valence-corrected chi connectivity index (χ1v) is 12.9. The van der Waals surface area contributed by atoms with Crippen molar-refractivity contribution < 1.29 is 9.59 Å². The minimum absolute atomic E-state index is 0.0736. The second-order valence-corrected chi connectivity index (χ2v) is 10.6. The summed E-state index contributed by atoms with van der Waals surface area (Å²) in [5, 5.41) is 14.5. The van der Waals surface area contributed by atoms with E-state index in [0.717, 1.165) is 33.1 Å². The molecule has 11 heteroatoms. The molecule has 1 aliphatic rings. The van der Waals surface area contributed by atoms with Gasteiger partial charge in [0.1, 0.15) is 6.33 Å². The summed E-state index contributed by atoms with van der Waals surface area (Å²) < 4.78 is 3.61. The predicted octanol–water partition coefficient (Wildman–Crippen LogP) is 3.70. The molecule has 0 aliphatic heterocycles. The molecule has 2 N–H and O–H groups in total. The molecule has 2 aromatic heterocycles. The lowest BCUT2D eigenvalue weighted by Gasteiger charge is -2.22. The van der Waals surface area contributed by atoms with E-state index >= 15 is 0 Å². The zero-order valence-corrected chi connectivity index (χ0v) is 19.6. The summed E-state index contributed by atoms with van der Waals surface area (Å²) >= 11 is 4.33. The van der Waals surface area contributed by atoms with Crippen LogP contribution in [0.2, 0.25) is 0 Å². The number of aromatic nitrogens is 4. The fourth-order valence-electron chi connectivity index (χ4n) is 3.42. The molecular formula is C20H24N6O2S3. The zero-order valence-electron chi connectivity index (χ0n) is 17.2. The van der Waals surface area contributed by atoms with Crippen LogP contribution < -0.4 is 10.6 Å². The van der Waals surface area contributed by atoms with Crippen molar-refractivity contribution in [3.63, 3.8) is 0 Å². The maximum Gasteiger partial charge on any atom is 0.234 e. The first kappa shape index (κ1) is 22.1. The highest BCUT2D eigenvalue weighted by Crippen LogP contribution is 2.31. The van der Waals surface area contributed by atoms with Crippen molar-refractivity contribution in [3.05, 3.63) is 24.5 Å².